The van der Waals surface area contributed by atoms with Gasteiger partial charge in [-0.05, 0) is 36.3 Å². The molecule has 0 aliphatic rings. The van der Waals surface area contributed by atoms with Crippen molar-refractivity contribution in [1.29, 1.82) is 0 Å². The maximum Gasteiger partial charge on any atom is 0.205 e. The van der Waals surface area contributed by atoms with Gasteiger partial charge in [0, 0.05) is 38.0 Å². The number of aromatic nitrogens is 1. The molecule has 0 amide bonds. The van der Waals surface area contributed by atoms with Crippen LogP contribution >= 0.6 is 0 Å². The van der Waals surface area contributed by atoms with Crippen LogP contribution in [0.4, 0.5) is 5.69 Å². The van der Waals surface area contributed by atoms with Crippen molar-refractivity contribution in [2.75, 3.05) is 19.0 Å². The van der Waals surface area contributed by atoms with E-state index < -0.39 is 0 Å². The summed E-state index contributed by atoms with van der Waals surface area (Å²) in [7, 11) is 6.17. The number of hydrogen-bond donors (Lipinski definition) is 0. The molecule has 0 radical (unpaired) electrons. The maximum absolute atomic E-state index is 2.19. The summed E-state index contributed by atoms with van der Waals surface area (Å²) in [6.07, 6.45) is 6.38. The molecule has 2 rings (SSSR count). The second kappa shape index (κ2) is 7.25. The van der Waals surface area contributed by atoms with Gasteiger partial charge in [-0.3, -0.25) is 0 Å². The van der Waals surface area contributed by atoms with Crippen LogP contribution < -0.4 is 26.4 Å². The molecule has 0 atom stereocenters. The Balaban J connectivity index is 0.00000200. The van der Waals surface area contributed by atoms with E-state index in [9.17, 15) is 0 Å². The van der Waals surface area contributed by atoms with Crippen molar-refractivity contribution in [3.05, 3.63) is 59.4 Å². The van der Waals surface area contributed by atoms with Crippen LogP contribution in [0.5, 0.6) is 0 Å². The van der Waals surface area contributed by atoms with Crippen molar-refractivity contribution in [1.82, 2.24) is 0 Å². The molecule has 106 valence electrons. The minimum absolute atomic E-state index is 0. The van der Waals surface area contributed by atoms with Gasteiger partial charge < -0.3 is 21.9 Å². The number of rotatable bonds is 3. The highest BCUT2D eigenvalue weighted by atomic mass is 79.9. The Labute approximate surface area is 132 Å². The molecule has 20 heavy (non-hydrogen) atoms. The first-order valence-corrected chi connectivity index (χ1v) is 6.48. The molecule has 0 aliphatic carbocycles. The Morgan fingerprint density at radius 1 is 1.00 bits per heavy atom. The molecular formula is C17H21BrN2. The van der Waals surface area contributed by atoms with Crippen LogP contribution in [0.2, 0.25) is 0 Å². The first-order chi connectivity index (χ1) is 9.06. The van der Waals surface area contributed by atoms with Crippen molar-refractivity contribution in [3.8, 4) is 0 Å². The van der Waals surface area contributed by atoms with Gasteiger partial charge in [-0.1, -0.05) is 12.1 Å². The summed E-state index contributed by atoms with van der Waals surface area (Å²) >= 11 is 0. The topological polar surface area (TPSA) is 7.12 Å². The second-order valence-electron chi connectivity index (χ2n) is 5.06. The van der Waals surface area contributed by atoms with Crippen molar-refractivity contribution in [3.63, 3.8) is 0 Å². The van der Waals surface area contributed by atoms with E-state index in [-0.39, 0.29) is 17.0 Å². The minimum atomic E-state index is 0. The van der Waals surface area contributed by atoms with Crippen molar-refractivity contribution in [2.24, 2.45) is 7.05 Å². The molecule has 2 nitrogen and oxygen atoms in total. The van der Waals surface area contributed by atoms with Crippen LogP contribution in [0.1, 0.15) is 16.8 Å². The third-order valence-electron chi connectivity index (χ3n) is 3.20. The summed E-state index contributed by atoms with van der Waals surface area (Å²) < 4.78 is 2.12. The molecule has 3 heteroatoms. The number of benzene rings is 1. The molecule has 1 heterocycles. The summed E-state index contributed by atoms with van der Waals surface area (Å²) in [5.74, 6) is 0. The molecule has 1 aromatic heterocycles. The monoisotopic (exact) mass is 332 g/mol. The van der Waals surface area contributed by atoms with Crippen LogP contribution in [0, 0.1) is 6.92 Å². The largest absolute Gasteiger partial charge is 1.00 e. The Morgan fingerprint density at radius 3 is 2.25 bits per heavy atom. The molecule has 0 aliphatic heterocycles. The molecule has 0 spiro atoms. The third kappa shape index (κ3) is 4.20. The normalized spacial score (nSPS) is 10.4. The van der Waals surface area contributed by atoms with Gasteiger partial charge in [0.1, 0.15) is 7.05 Å². The van der Waals surface area contributed by atoms with E-state index in [1.54, 1.807) is 0 Å². The van der Waals surface area contributed by atoms with Gasteiger partial charge >= 0.3 is 0 Å². The predicted octanol–water partition coefficient (Wildman–Crippen LogP) is 0.0599. The van der Waals surface area contributed by atoms with Gasteiger partial charge in [0.2, 0.25) is 5.69 Å². The molecular weight excluding hydrogens is 312 g/mol. The van der Waals surface area contributed by atoms with Gasteiger partial charge in [-0.2, -0.15) is 0 Å². The summed E-state index contributed by atoms with van der Waals surface area (Å²) in [5.41, 5.74) is 4.92. The van der Waals surface area contributed by atoms with E-state index in [0.29, 0.717) is 0 Å². The molecule has 1 aromatic carbocycles. The number of pyridine rings is 1. The zero-order chi connectivity index (χ0) is 13.8. The molecule has 0 unspecified atom stereocenters. The summed E-state index contributed by atoms with van der Waals surface area (Å²) in [4.78, 5) is 2.11. The molecule has 0 saturated heterocycles. The van der Waals surface area contributed by atoms with Gasteiger partial charge in [0.25, 0.3) is 0 Å². The van der Waals surface area contributed by atoms with Gasteiger partial charge in [0.15, 0.2) is 6.20 Å². The van der Waals surface area contributed by atoms with Gasteiger partial charge in [-0.15, -0.1) is 0 Å². The molecule has 2 aromatic rings. The Kier molecular flexibility index (Phi) is 5.96. The van der Waals surface area contributed by atoms with E-state index >= 15 is 0 Å². The molecule has 0 saturated carbocycles. The lowest BCUT2D eigenvalue weighted by molar-refractivity contribution is -0.673. The number of anilines is 1. The van der Waals surface area contributed by atoms with E-state index in [4.69, 9.17) is 0 Å². The third-order valence-corrected chi connectivity index (χ3v) is 3.20. The zero-order valence-electron chi connectivity index (χ0n) is 12.5. The number of hydrogen-bond acceptors (Lipinski definition) is 1. The zero-order valence-corrected chi connectivity index (χ0v) is 14.1. The smallest absolute Gasteiger partial charge is 0.205 e. The van der Waals surface area contributed by atoms with Crippen LogP contribution in [0.3, 0.4) is 0 Å². The van der Waals surface area contributed by atoms with Crippen molar-refractivity contribution >= 4 is 17.8 Å². The summed E-state index contributed by atoms with van der Waals surface area (Å²) in [6.45, 7) is 2.11. The first kappa shape index (κ1) is 16.4. The van der Waals surface area contributed by atoms with E-state index in [1.165, 1.54) is 22.5 Å². The molecule has 0 fully saturated rings. The Hall–Kier alpha value is -1.61. The SMILES string of the molecule is Cc1cc[n+](C)c(/C=C/c2ccc(N(C)C)cc2)c1.[Br-]. The van der Waals surface area contributed by atoms with E-state index in [2.05, 4.69) is 92.3 Å². The van der Waals surface area contributed by atoms with Crippen molar-refractivity contribution in [2.45, 2.75) is 6.92 Å². The summed E-state index contributed by atoms with van der Waals surface area (Å²) in [6, 6.07) is 12.9. The average molecular weight is 333 g/mol. The second-order valence-corrected chi connectivity index (χ2v) is 5.06. The quantitative estimate of drug-likeness (QED) is 0.721. The lowest BCUT2D eigenvalue weighted by atomic mass is 10.1. The predicted molar refractivity (Wildman–Crippen MR) is 82.1 cm³/mol. The fraction of sp³-hybridized carbons (Fsp3) is 0.235. The summed E-state index contributed by atoms with van der Waals surface area (Å²) in [5, 5.41) is 0. The maximum atomic E-state index is 2.19. The van der Waals surface area contributed by atoms with Gasteiger partial charge in [0.05, 0.1) is 0 Å². The first-order valence-electron chi connectivity index (χ1n) is 6.48. The fourth-order valence-electron chi connectivity index (χ4n) is 1.93. The Morgan fingerprint density at radius 2 is 1.65 bits per heavy atom. The number of halogens is 1. The lowest BCUT2D eigenvalue weighted by Gasteiger charge is -2.11. The standard InChI is InChI=1S/C17H21N2.BrH/c1-14-11-12-19(4)17(13-14)10-7-15-5-8-16(9-6-15)18(2)3;/h5-13H,1-4H3;1H/q+1;/p-1. The number of nitrogens with zero attached hydrogens (tertiary/aromatic N) is 2. The van der Waals surface area contributed by atoms with Crippen LogP contribution in [-0.2, 0) is 7.05 Å². The highest BCUT2D eigenvalue weighted by Crippen LogP contribution is 2.14. The minimum Gasteiger partial charge on any atom is -1.00 e. The van der Waals surface area contributed by atoms with Crippen molar-refractivity contribution < 1.29 is 21.5 Å². The average Bonchev–Trinajstić information content (AvgIpc) is 2.40. The molecule has 0 bridgehead atoms. The lowest BCUT2D eigenvalue weighted by Crippen LogP contribution is -3.00. The van der Waals surface area contributed by atoms with Gasteiger partial charge in [-0.25, -0.2) is 4.57 Å². The number of aryl methyl sites for hydroxylation is 2. The van der Waals surface area contributed by atoms with Crippen LogP contribution in [0.25, 0.3) is 12.2 Å². The highest BCUT2D eigenvalue weighted by Gasteiger charge is 2.01. The fourth-order valence-corrected chi connectivity index (χ4v) is 1.93. The Bertz CT molecular complexity index is 586. The van der Waals surface area contributed by atoms with E-state index in [1.807, 2.05) is 0 Å². The highest BCUT2D eigenvalue weighted by molar-refractivity contribution is 5.68. The van der Waals surface area contributed by atoms with Crippen LogP contribution in [-0.4, -0.2) is 14.1 Å². The van der Waals surface area contributed by atoms with Crippen LogP contribution in [0.15, 0.2) is 42.6 Å². The van der Waals surface area contributed by atoms with E-state index in [0.717, 1.165) is 0 Å². The molecule has 0 N–H and O–H groups in total.